The third kappa shape index (κ3) is 4.84. The standard InChI is InChI=1S/C14H23IO3S2/c1-13(2,3)11-8-10(19-7)9-12(14(4,5)6)20(11)18-15(16)17/h8-9H,1-7H3. The summed E-state index contributed by atoms with van der Waals surface area (Å²) < 4.78 is 27.8. The second-order valence-corrected chi connectivity index (χ2v) is 11.2. The average molecular weight is 430 g/mol. The zero-order chi connectivity index (χ0) is 15.7. The highest BCUT2D eigenvalue weighted by Crippen LogP contribution is 2.46. The van der Waals surface area contributed by atoms with Crippen molar-refractivity contribution in [1.29, 1.82) is 0 Å². The summed E-state index contributed by atoms with van der Waals surface area (Å²) in [5, 5.41) is 0. The lowest BCUT2D eigenvalue weighted by Crippen LogP contribution is -3.98. The Morgan fingerprint density at radius 2 is 1.60 bits per heavy atom. The van der Waals surface area contributed by atoms with Crippen LogP contribution in [0.5, 0.6) is 0 Å². The fourth-order valence-corrected chi connectivity index (χ4v) is 6.47. The van der Waals surface area contributed by atoms with Crippen LogP contribution in [0.1, 0.15) is 41.5 Å². The number of hydrogen-bond donors (Lipinski definition) is 0. The summed E-state index contributed by atoms with van der Waals surface area (Å²) in [5.41, 5.74) is -0.248. The van der Waals surface area contributed by atoms with Crippen LogP contribution in [-0.2, 0) is 2.51 Å². The molecule has 0 aliphatic carbocycles. The van der Waals surface area contributed by atoms with Gasteiger partial charge in [0.1, 0.15) is 0 Å². The Morgan fingerprint density at radius 3 is 1.95 bits per heavy atom. The van der Waals surface area contributed by atoms with Gasteiger partial charge in [-0.2, -0.15) is 0 Å². The van der Waals surface area contributed by atoms with E-state index in [1.807, 2.05) is 6.26 Å². The van der Waals surface area contributed by atoms with E-state index >= 15 is 0 Å². The Hall–Kier alpha value is 0.660. The first-order valence-corrected chi connectivity index (χ1v) is 11.3. The Bertz CT molecular complexity index is 466. The molecule has 0 amide bonds. The summed E-state index contributed by atoms with van der Waals surface area (Å²) in [5.74, 6) is 0. The van der Waals surface area contributed by atoms with Crippen LogP contribution in [-0.4, -0.2) is 11.1 Å². The molecule has 1 rings (SSSR count). The first-order valence-electron chi connectivity index (χ1n) is 6.30. The summed E-state index contributed by atoms with van der Waals surface area (Å²) in [6, 6.07) is 0. The van der Waals surface area contributed by atoms with Crippen LogP contribution < -0.4 is 27.9 Å². The van der Waals surface area contributed by atoms with E-state index in [2.05, 4.69) is 53.7 Å². The van der Waals surface area contributed by atoms with Crippen LogP contribution >= 0.6 is 22.5 Å². The van der Waals surface area contributed by atoms with Crippen molar-refractivity contribution in [3.05, 3.63) is 22.0 Å². The van der Waals surface area contributed by atoms with Gasteiger partial charge in [0.2, 0.25) is 0 Å². The molecule has 1 aliphatic rings. The van der Waals surface area contributed by atoms with E-state index < -0.39 is 31.8 Å². The minimum Gasteiger partial charge on any atom is -0.395 e. The van der Waals surface area contributed by atoms with E-state index in [0.29, 0.717) is 0 Å². The van der Waals surface area contributed by atoms with Crippen molar-refractivity contribution >= 4 is 27.4 Å². The highest BCUT2D eigenvalue weighted by Gasteiger charge is 2.35. The molecular formula is C14H23IO3S2. The third-order valence-electron chi connectivity index (χ3n) is 2.77. The van der Waals surface area contributed by atoms with Crippen LogP contribution in [0.15, 0.2) is 22.0 Å². The third-order valence-corrected chi connectivity index (χ3v) is 7.93. The lowest BCUT2D eigenvalue weighted by Gasteiger charge is -2.31. The van der Waals surface area contributed by atoms with Gasteiger partial charge in [-0.1, -0.05) is 41.5 Å². The molecule has 116 valence electrons. The molecule has 20 heavy (non-hydrogen) atoms. The van der Waals surface area contributed by atoms with Crippen molar-refractivity contribution in [3.63, 3.8) is 0 Å². The second-order valence-electron chi connectivity index (χ2n) is 6.64. The molecule has 3 nitrogen and oxygen atoms in total. The van der Waals surface area contributed by atoms with Crippen LogP contribution in [0.2, 0.25) is 0 Å². The molecule has 0 spiro atoms. The summed E-state index contributed by atoms with van der Waals surface area (Å²) in [4.78, 5) is 3.27. The topological polar surface area (TPSA) is 55.3 Å². The molecule has 0 N–H and O–H groups in total. The Morgan fingerprint density at radius 1 is 1.05 bits per heavy atom. The molecule has 6 heteroatoms. The van der Waals surface area contributed by atoms with Crippen LogP contribution in [0, 0.1) is 10.8 Å². The predicted molar refractivity (Wildman–Crippen MR) is 82.3 cm³/mol. The molecule has 0 fully saturated rings. The smallest absolute Gasteiger partial charge is 0.395 e. The van der Waals surface area contributed by atoms with Gasteiger partial charge >= 0.3 is 21.1 Å². The van der Waals surface area contributed by atoms with Crippen molar-refractivity contribution in [1.82, 2.24) is 0 Å². The predicted octanol–water partition coefficient (Wildman–Crippen LogP) is -0.314. The number of rotatable bonds is 3. The summed E-state index contributed by atoms with van der Waals surface area (Å²) in [7, 11) is -0.779. The second kappa shape index (κ2) is 6.83. The van der Waals surface area contributed by atoms with Gasteiger partial charge in [0.15, 0.2) is 0 Å². The van der Waals surface area contributed by atoms with Gasteiger partial charge in [0.05, 0.1) is 10.8 Å². The SMILES string of the molecule is CSC1=CC(C(C)(C)C)=S(O[I+2]([O-])[O-])C(C(C)(C)C)=C1. The van der Waals surface area contributed by atoms with E-state index in [1.54, 1.807) is 11.8 Å². The van der Waals surface area contributed by atoms with Crippen molar-refractivity contribution in [2.45, 2.75) is 41.5 Å². The zero-order valence-electron chi connectivity index (χ0n) is 13.1. The maximum absolute atomic E-state index is 11.2. The van der Waals surface area contributed by atoms with Gasteiger partial charge in [-0.25, -0.2) is 0 Å². The number of allylic oxidation sites excluding steroid dienone is 3. The molecule has 0 aromatic carbocycles. The molecule has 0 saturated carbocycles. The van der Waals surface area contributed by atoms with Gasteiger partial charge in [0.25, 0.3) is 0 Å². The monoisotopic (exact) mass is 430 g/mol. The van der Waals surface area contributed by atoms with E-state index in [4.69, 9.17) is 2.51 Å². The van der Waals surface area contributed by atoms with Gasteiger partial charge < -0.3 is 6.87 Å². The molecule has 0 saturated heterocycles. The Kier molecular flexibility index (Phi) is 6.39. The maximum atomic E-state index is 11.2. The quantitative estimate of drug-likeness (QED) is 0.455. The van der Waals surface area contributed by atoms with E-state index in [-0.39, 0.29) is 10.8 Å². The Balaban J connectivity index is 3.52. The molecule has 1 aliphatic heterocycles. The summed E-state index contributed by atoms with van der Waals surface area (Å²) in [6.45, 7) is 12.6. The number of halogens is 1. The molecule has 1 atom stereocenters. The molecule has 1 unspecified atom stereocenters. The highest BCUT2D eigenvalue weighted by atomic mass is 127. The zero-order valence-corrected chi connectivity index (χ0v) is 16.9. The van der Waals surface area contributed by atoms with Crippen LogP contribution in [0.3, 0.4) is 0 Å². The van der Waals surface area contributed by atoms with Crippen LogP contribution in [0.4, 0.5) is 0 Å². The van der Waals surface area contributed by atoms with E-state index in [1.165, 1.54) is 0 Å². The normalized spacial score (nSPS) is 21.1. The molecule has 0 bridgehead atoms. The van der Waals surface area contributed by atoms with Crippen LogP contribution in [0.25, 0.3) is 0 Å². The lowest BCUT2D eigenvalue weighted by atomic mass is 9.91. The van der Waals surface area contributed by atoms with Gasteiger partial charge in [-0.15, -0.1) is 11.8 Å². The molecule has 1 heterocycles. The summed E-state index contributed by atoms with van der Waals surface area (Å²) >= 11 is -2.07. The molecule has 0 aromatic rings. The first-order chi connectivity index (χ1) is 8.96. The van der Waals surface area contributed by atoms with Gasteiger partial charge in [-0.05, 0) is 29.2 Å². The number of hydrogen-bond acceptors (Lipinski definition) is 4. The molecular weight excluding hydrogens is 407 g/mol. The highest BCUT2D eigenvalue weighted by molar-refractivity contribution is 8.15. The fourth-order valence-electron chi connectivity index (χ4n) is 1.75. The van der Waals surface area contributed by atoms with E-state index in [9.17, 15) is 6.87 Å². The first kappa shape index (κ1) is 18.7. The maximum Gasteiger partial charge on any atom is 0.521 e. The number of thioether (sulfide) groups is 1. The van der Waals surface area contributed by atoms with Crippen molar-refractivity contribution in [2.24, 2.45) is 10.8 Å². The molecule has 0 radical (unpaired) electrons. The fraction of sp³-hybridized carbons (Fsp3) is 0.643. The van der Waals surface area contributed by atoms with Crippen molar-refractivity contribution < 1.29 is 30.4 Å². The average Bonchev–Trinajstić information content (AvgIpc) is 2.25. The summed E-state index contributed by atoms with van der Waals surface area (Å²) in [6.07, 6.45) is 6.21. The van der Waals surface area contributed by atoms with Gasteiger partial charge in [0, 0.05) is 17.2 Å². The van der Waals surface area contributed by atoms with Crippen molar-refractivity contribution in [3.8, 4) is 0 Å². The molecule has 0 aromatic heterocycles. The Labute approximate surface area is 138 Å². The van der Waals surface area contributed by atoms with E-state index in [0.717, 1.165) is 14.7 Å². The minimum absolute atomic E-state index is 0.124. The minimum atomic E-state index is -3.75. The van der Waals surface area contributed by atoms with Crippen molar-refractivity contribution in [2.75, 3.05) is 6.26 Å². The lowest BCUT2D eigenvalue weighted by molar-refractivity contribution is -1.62. The largest absolute Gasteiger partial charge is 0.521 e. The van der Waals surface area contributed by atoms with Gasteiger partial charge in [-0.3, -0.25) is 0 Å².